The van der Waals surface area contributed by atoms with Gasteiger partial charge < -0.3 is 19.0 Å². The highest BCUT2D eigenvalue weighted by molar-refractivity contribution is 5.70. The van der Waals surface area contributed by atoms with Crippen LogP contribution in [0.2, 0.25) is 0 Å². The molecule has 0 aliphatic carbocycles. The molecule has 1 aliphatic rings. The van der Waals surface area contributed by atoms with E-state index in [1.807, 2.05) is 0 Å². The Morgan fingerprint density at radius 2 is 2.16 bits per heavy atom. The lowest BCUT2D eigenvalue weighted by Crippen LogP contribution is -2.01. The molecule has 0 amide bonds. The van der Waals surface area contributed by atoms with E-state index in [2.05, 4.69) is 4.98 Å². The number of carbonyl (C=O) groups is 1. The first-order chi connectivity index (χ1) is 9.13. The van der Waals surface area contributed by atoms with Gasteiger partial charge >= 0.3 is 5.97 Å². The molecule has 1 aromatic carbocycles. The van der Waals surface area contributed by atoms with Crippen molar-refractivity contribution in [1.82, 2.24) is 4.98 Å². The molecule has 19 heavy (non-hydrogen) atoms. The van der Waals surface area contributed by atoms with Crippen molar-refractivity contribution in [3.05, 3.63) is 29.7 Å². The third kappa shape index (κ3) is 2.12. The lowest BCUT2D eigenvalue weighted by Gasteiger charge is -1.98. The van der Waals surface area contributed by atoms with Crippen LogP contribution in [0.5, 0.6) is 11.5 Å². The summed E-state index contributed by atoms with van der Waals surface area (Å²) in [5, 5.41) is 8.78. The molecule has 0 atom stereocenters. The molecule has 0 saturated carbocycles. The Kier molecular flexibility index (Phi) is 2.63. The monoisotopic (exact) mass is 261 g/mol. The number of carboxylic acid groups (broad SMARTS) is 1. The third-order valence-corrected chi connectivity index (χ3v) is 2.83. The highest BCUT2D eigenvalue weighted by Crippen LogP contribution is 2.36. The van der Waals surface area contributed by atoms with Crippen LogP contribution in [0.15, 0.2) is 22.6 Å². The normalized spacial score (nSPS) is 12.7. The van der Waals surface area contributed by atoms with Crippen LogP contribution in [0.1, 0.15) is 11.5 Å². The van der Waals surface area contributed by atoms with E-state index in [1.54, 1.807) is 25.1 Å². The number of carboxylic acids is 1. The lowest BCUT2D eigenvalue weighted by molar-refractivity contribution is -0.136. The van der Waals surface area contributed by atoms with Crippen LogP contribution in [0, 0.1) is 6.92 Å². The van der Waals surface area contributed by atoms with E-state index in [0.29, 0.717) is 28.8 Å². The summed E-state index contributed by atoms with van der Waals surface area (Å²) in [7, 11) is 0. The predicted octanol–water partition coefficient (Wildman–Crippen LogP) is 2.01. The van der Waals surface area contributed by atoms with E-state index in [4.69, 9.17) is 19.0 Å². The van der Waals surface area contributed by atoms with Crippen molar-refractivity contribution < 1.29 is 23.8 Å². The summed E-state index contributed by atoms with van der Waals surface area (Å²) < 4.78 is 16.0. The Bertz CT molecular complexity index is 646. The van der Waals surface area contributed by atoms with Crippen LogP contribution in [0.3, 0.4) is 0 Å². The molecule has 1 aliphatic heterocycles. The molecule has 1 N–H and O–H groups in total. The summed E-state index contributed by atoms with van der Waals surface area (Å²) in [4.78, 5) is 14.9. The zero-order valence-electron chi connectivity index (χ0n) is 10.2. The second-order valence-corrected chi connectivity index (χ2v) is 4.16. The topological polar surface area (TPSA) is 81.8 Å². The van der Waals surface area contributed by atoms with Gasteiger partial charge in [0.05, 0.1) is 12.1 Å². The second kappa shape index (κ2) is 4.31. The summed E-state index contributed by atoms with van der Waals surface area (Å²) >= 11 is 0. The maximum absolute atomic E-state index is 10.7. The van der Waals surface area contributed by atoms with Crippen molar-refractivity contribution in [2.24, 2.45) is 0 Å². The zero-order chi connectivity index (χ0) is 13.4. The van der Waals surface area contributed by atoms with Crippen molar-refractivity contribution in [2.75, 3.05) is 6.79 Å². The molecule has 2 aromatic rings. The molecule has 3 rings (SSSR count). The van der Waals surface area contributed by atoms with Crippen molar-refractivity contribution in [3.63, 3.8) is 0 Å². The van der Waals surface area contributed by atoms with E-state index in [-0.39, 0.29) is 13.2 Å². The maximum atomic E-state index is 10.7. The Labute approximate surface area is 108 Å². The van der Waals surface area contributed by atoms with Gasteiger partial charge in [-0.2, -0.15) is 0 Å². The van der Waals surface area contributed by atoms with Crippen LogP contribution in [0.25, 0.3) is 11.5 Å². The van der Waals surface area contributed by atoms with Gasteiger partial charge in [-0.3, -0.25) is 4.79 Å². The molecule has 1 aromatic heterocycles. The van der Waals surface area contributed by atoms with Crippen LogP contribution in [0.4, 0.5) is 0 Å². The summed E-state index contributed by atoms with van der Waals surface area (Å²) in [6.45, 7) is 1.90. The molecule has 6 heteroatoms. The van der Waals surface area contributed by atoms with Gasteiger partial charge in [0.1, 0.15) is 5.76 Å². The number of benzene rings is 1. The van der Waals surface area contributed by atoms with Crippen LogP contribution in [-0.2, 0) is 11.2 Å². The highest BCUT2D eigenvalue weighted by Gasteiger charge is 2.18. The Hall–Kier alpha value is -2.50. The van der Waals surface area contributed by atoms with E-state index in [9.17, 15) is 4.79 Å². The Morgan fingerprint density at radius 3 is 2.95 bits per heavy atom. The van der Waals surface area contributed by atoms with Gasteiger partial charge in [-0.05, 0) is 25.1 Å². The van der Waals surface area contributed by atoms with Crippen LogP contribution >= 0.6 is 0 Å². The fourth-order valence-corrected chi connectivity index (χ4v) is 1.89. The number of aromatic nitrogens is 1. The third-order valence-electron chi connectivity index (χ3n) is 2.83. The molecule has 0 radical (unpaired) electrons. The molecular weight excluding hydrogens is 250 g/mol. The minimum absolute atomic E-state index is 0.153. The molecule has 0 unspecified atom stereocenters. The zero-order valence-corrected chi connectivity index (χ0v) is 10.2. The maximum Gasteiger partial charge on any atom is 0.309 e. The lowest BCUT2D eigenvalue weighted by atomic mass is 10.2. The van der Waals surface area contributed by atoms with Crippen LogP contribution in [-0.4, -0.2) is 22.9 Å². The van der Waals surface area contributed by atoms with E-state index < -0.39 is 5.97 Å². The smallest absolute Gasteiger partial charge is 0.309 e. The molecule has 0 spiro atoms. The van der Waals surface area contributed by atoms with Crippen molar-refractivity contribution in [3.8, 4) is 23.0 Å². The summed E-state index contributed by atoms with van der Waals surface area (Å²) in [6.07, 6.45) is -0.153. The van der Waals surface area contributed by atoms with Crippen molar-refractivity contribution >= 4 is 5.97 Å². The van der Waals surface area contributed by atoms with Gasteiger partial charge in [0.15, 0.2) is 11.5 Å². The first-order valence-electron chi connectivity index (χ1n) is 5.71. The number of hydrogen-bond donors (Lipinski definition) is 1. The van der Waals surface area contributed by atoms with E-state index >= 15 is 0 Å². The molecule has 2 heterocycles. The largest absolute Gasteiger partial charge is 0.481 e. The minimum atomic E-state index is -0.936. The predicted molar refractivity (Wildman–Crippen MR) is 64.1 cm³/mol. The average molecular weight is 261 g/mol. The van der Waals surface area contributed by atoms with Gasteiger partial charge in [0.25, 0.3) is 0 Å². The number of aliphatic carboxylic acids is 1. The van der Waals surface area contributed by atoms with Gasteiger partial charge in [-0.1, -0.05) is 0 Å². The molecule has 6 nitrogen and oxygen atoms in total. The van der Waals surface area contributed by atoms with Crippen LogP contribution < -0.4 is 9.47 Å². The number of hydrogen-bond acceptors (Lipinski definition) is 5. The SMILES string of the molecule is Cc1oc(-c2ccc3c(c2)OCO3)nc1CC(=O)O. The second-order valence-electron chi connectivity index (χ2n) is 4.16. The molecule has 0 fully saturated rings. The number of ether oxygens (including phenoxy) is 2. The number of oxazole rings is 1. The fraction of sp³-hybridized carbons (Fsp3) is 0.231. The Balaban J connectivity index is 1.96. The summed E-state index contributed by atoms with van der Waals surface area (Å²) in [5.74, 6) is 1.27. The number of nitrogens with zero attached hydrogens (tertiary/aromatic N) is 1. The quantitative estimate of drug-likeness (QED) is 0.910. The summed E-state index contributed by atoms with van der Waals surface area (Å²) in [6, 6.07) is 5.33. The number of aryl methyl sites for hydroxylation is 1. The van der Waals surface area contributed by atoms with Crippen molar-refractivity contribution in [2.45, 2.75) is 13.3 Å². The summed E-state index contributed by atoms with van der Waals surface area (Å²) in [5.41, 5.74) is 1.16. The van der Waals surface area contributed by atoms with Gasteiger partial charge in [-0.15, -0.1) is 0 Å². The Morgan fingerprint density at radius 1 is 1.37 bits per heavy atom. The molecule has 98 valence electrons. The minimum Gasteiger partial charge on any atom is -0.481 e. The van der Waals surface area contributed by atoms with E-state index in [1.165, 1.54) is 0 Å². The first kappa shape index (κ1) is 11.6. The number of rotatable bonds is 3. The van der Waals surface area contributed by atoms with E-state index in [0.717, 1.165) is 5.56 Å². The van der Waals surface area contributed by atoms with Gasteiger partial charge in [0, 0.05) is 5.56 Å². The molecular formula is C13H11NO5. The highest BCUT2D eigenvalue weighted by atomic mass is 16.7. The molecule has 0 bridgehead atoms. The van der Waals surface area contributed by atoms with Gasteiger partial charge in [-0.25, -0.2) is 4.98 Å². The fourth-order valence-electron chi connectivity index (χ4n) is 1.89. The molecule has 0 saturated heterocycles. The first-order valence-corrected chi connectivity index (χ1v) is 5.71. The van der Waals surface area contributed by atoms with Crippen molar-refractivity contribution in [1.29, 1.82) is 0 Å². The average Bonchev–Trinajstić information content (AvgIpc) is 2.95. The van der Waals surface area contributed by atoms with Gasteiger partial charge in [0.2, 0.25) is 12.7 Å². The number of fused-ring (bicyclic) bond motifs is 1. The standard InChI is InChI=1S/C13H11NO5/c1-7-9(5-12(15)16)14-13(19-7)8-2-3-10-11(4-8)18-6-17-10/h2-4H,5-6H2,1H3,(H,15,16).